The van der Waals surface area contributed by atoms with Gasteiger partial charge in [-0.2, -0.15) is 0 Å². The molecule has 2 nitrogen and oxygen atoms in total. The number of allylic oxidation sites excluding steroid dienone is 1. The molecule has 0 aromatic rings. The minimum absolute atomic E-state index is 0.260. The van der Waals surface area contributed by atoms with Crippen LogP contribution in [0.2, 0.25) is 0 Å². The molecule has 0 aliphatic heterocycles. The van der Waals surface area contributed by atoms with Crippen LogP contribution in [0, 0.1) is 5.41 Å². The summed E-state index contributed by atoms with van der Waals surface area (Å²) < 4.78 is 0. The number of carboxylic acid groups (broad SMARTS) is 1. The first-order valence-corrected chi connectivity index (χ1v) is 8.83. The Labute approximate surface area is 132 Å². The third-order valence-electron chi connectivity index (χ3n) is 3.94. The van der Waals surface area contributed by atoms with Gasteiger partial charge in [-0.3, -0.25) is 0 Å². The van der Waals surface area contributed by atoms with Crippen LogP contribution in [0.5, 0.6) is 0 Å². The predicted octanol–water partition coefficient (Wildman–Crippen LogP) is 6.35. The molecule has 0 aromatic heterocycles. The monoisotopic (exact) mass is 296 g/mol. The van der Waals surface area contributed by atoms with Crippen LogP contribution in [-0.4, -0.2) is 11.1 Å². The smallest absolute Gasteiger partial charge is 0.331 e. The molecule has 2 heteroatoms. The maximum Gasteiger partial charge on any atom is 0.331 e. The van der Waals surface area contributed by atoms with E-state index in [4.69, 9.17) is 0 Å². The fourth-order valence-electron chi connectivity index (χ4n) is 2.59. The summed E-state index contributed by atoms with van der Waals surface area (Å²) >= 11 is 0. The van der Waals surface area contributed by atoms with Crippen LogP contribution < -0.4 is 0 Å². The first kappa shape index (κ1) is 20.2. The van der Waals surface area contributed by atoms with Gasteiger partial charge in [0.15, 0.2) is 0 Å². The molecule has 0 aromatic carbocycles. The van der Waals surface area contributed by atoms with E-state index in [0.29, 0.717) is 5.57 Å². The lowest BCUT2D eigenvalue weighted by Gasteiger charge is -2.19. The molecule has 0 atom stereocenters. The third kappa shape index (κ3) is 11.5. The number of carboxylic acids is 1. The third-order valence-corrected chi connectivity index (χ3v) is 3.94. The molecular weight excluding hydrogens is 260 g/mol. The van der Waals surface area contributed by atoms with Crippen LogP contribution in [0.3, 0.4) is 0 Å². The average molecular weight is 296 g/mol. The highest BCUT2D eigenvalue weighted by molar-refractivity contribution is 5.87. The number of unbranched alkanes of at least 4 members (excludes halogenated alkanes) is 10. The largest absolute Gasteiger partial charge is 0.478 e. The molecule has 0 aliphatic rings. The quantitative estimate of drug-likeness (QED) is 0.336. The van der Waals surface area contributed by atoms with E-state index in [1.165, 1.54) is 57.8 Å². The summed E-state index contributed by atoms with van der Waals surface area (Å²) in [7, 11) is 0. The van der Waals surface area contributed by atoms with Gasteiger partial charge in [-0.25, -0.2) is 4.79 Å². The molecule has 21 heavy (non-hydrogen) atoms. The second-order valence-electron chi connectivity index (χ2n) is 7.14. The van der Waals surface area contributed by atoms with Crippen LogP contribution >= 0.6 is 0 Å². The molecule has 0 saturated heterocycles. The van der Waals surface area contributed by atoms with E-state index in [-0.39, 0.29) is 5.41 Å². The Morgan fingerprint density at radius 2 is 1.29 bits per heavy atom. The molecule has 0 unspecified atom stereocenters. The van der Waals surface area contributed by atoms with Crippen LogP contribution in [0.4, 0.5) is 0 Å². The van der Waals surface area contributed by atoms with E-state index in [9.17, 15) is 9.90 Å². The van der Waals surface area contributed by atoms with Gasteiger partial charge in [-0.05, 0) is 18.3 Å². The zero-order valence-electron chi connectivity index (χ0n) is 14.7. The molecule has 0 amide bonds. The van der Waals surface area contributed by atoms with Gasteiger partial charge in [0.25, 0.3) is 0 Å². The lowest BCUT2D eigenvalue weighted by atomic mass is 9.85. The molecule has 0 bridgehead atoms. The Kier molecular flexibility index (Phi) is 11.4. The van der Waals surface area contributed by atoms with Crippen LogP contribution in [-0.2, 0) is 4.79 Å². The number of rotatable bonds is 12. The number of aliphatic carboxylic acids is 1. The topological polar surface area (TPSA) is 37.3 Å². The fraction of sp³-hybridized carbons (Fsp3) is 0.842. The molecule has 0 spiro atoms. The predicted molar refractivity (Wildman–Crippen MR) is 91.6 cm³/mol. The van der Waals surface area contributed by atoms with Crippen LogP contribution in [0.15, 0.2) is 11.6 Å². The molecule has 0 fully saturated rings. The van der Waals surface area contributed by atoms with Gasteiger partial charge in [0.05, 0.1) is 0 Å². The van der Waals surface area contributed by atoms with Gasteiger partial charge in [-0.15, -0.1) is 0 Å². The van der Waals surface area contributed by atoms with Crippen molar-refractivity contribution in [2.45, 2.75) is 98.3 Å². The second-order valence-corrected chi connectivity index (χ2v) is 7.14. The van der Waals surface area contributed by atoms with E-state index in [1.54, 1.807) is 0 Å². The van der Waals surface area contributed by atoms with Crippen LogP contribution in [0.1, 0.15) is 98.3 Å². The van der Waals surface area contributed by atoms with E-state index < -0.39 is 5.97 Å². The molecule has 0 heterocycles. The number of hydrogen-bond donors (Lipinski definition) is 1. The molecule has 0 saturated carbocycles. The molecular formula is C19H36O2. The Hall–Kier alpha value is -0.790. The van der Waals surface area contributed by atoms with E-state index in [1.807, 2.05) is 26.8 Å². The van der Waals surface area contributed by atoms with Gasteiger partial charge in [-0.1, -0.05) is 91.6 Å². The molecule has 0 rings (SSSR count). The van der Waals surface area contributed by atoms with Gasteiger partial charge >= 0.3 is 5.97 Å². The van der Waals surface area contributed by atoms with E-state index in [0.717, 1.165) is 12.8 Å². The lowest BCUT2D eigenvalue weighted by Crippen LogP contribution is -2.17. The summed E-state index contributed by atoms with van der Waals surface area (Å²) in [6, 6.07) is 0. The highest BCUT2D eigenvalue weighted by atomic mass is 16.4. The summed E-state index contributed by atoms with van der Waals surface area (Å²) in [5, 5.41) is 9.20. The number of hydrogen-bond acceptors (Lipinski definition) is 1. The Bertz CT molecular complexity index is 297. The van der Waals surface area contributed by atoms with E-state index in [2.05, 4.69) is 6.92 Å². The zero-order chi connectivity index (χ0) is 16.1. The molecule has 0 radical (unpaired) electrons. The van der Waals surface area contributed by atoms with Gasteiger partial charge in [0.2, 0.25) is 0 Å². The Balaban J connectivity index is 3.60. The molecule has 124 valence electrons. The summed E-state index contributed by atoms with van der Waals surface area (Å²) in [6.07, 6.45) is 16.0. The minimum atomic E-state index is -0.769. The van der Waals surface area contributed by atoms with Crippen molar-refractivity contribution in [2.24, 2.45) is 5.41 Å². The maximum atomic E-state index is 11.2. The first-order chi connectivity index (χ1) is 9.89. The minimum Gasteiger partial charge on any atom is -0.478 e. The second kappa shape index (κ2) is 11.8. The molecule has 0 aliphatic carbocycles. The van der Waals surface area contributed by atoms with Crippen molar-refractivity contribution in [1.29, 1.82) is 0 Å². The maximum absolute atomic E-state index is 11.2. The van der Waals surface area contributed by atoms with Crippen molar-refractivity contribution in [1.82, 2.24) is 0 Å². The highest BCUT2D eigenvalue weighted by Gasteiger charge is 2.22. The summed E-state index contributed by atoms with van der Waals surface area (Å²) in [5.41, 5.74) is 0.294. The lowest BCUT2D eigenvalue weighted by molar-refractivity contribution is -0.133. The average Bonchev–Trinajstić information content (AvgIpc) is 2.38. The summed E-state index contributed by atoms with van der Waals surface area (Å²) in [5.74, 6) is -0.769. The SMILES string of the molecule is CCCCCCCCCCCCC=C(C(=O)O)C(C)(C)C. The molecule has 1 N–H and O–H groups in total. The highest BCUT2D eigenvalue weighted by Crippen LogP contribution is 2.26. The number of carbonyl (C=O) groups is 1. The van der Waals surface area contributed by atoms with E-state index >= 15 is 0 Å². The van der Waals surface area contributed by atoms with Crippen molar-refractivity contribution >= 4 is 5.97 Å². The van der Waals surface area contributed by atoms with Gasteiger partial charge in [0.1, 0.15) is 0 Å². The standard InChI is InChI=1S/C19H36O2/c1-5-6-7-8-9-10-11-12-13-14-15-16-17(18(20)21)19(2,3)4/h16H,5-15H2,1-4H3,(H,20,21). The Morgan fingerprint density at radius 1 is 0.857 bits per heavy atom. The normalized spacial score (nSPS) is 12.7. The zero-order valence-corrected chi connectivity index (χ0v) is 14.7. The Morgan fingerprint density at radius 3 is 1.67 bits per heavy atom. The fourth-order valence-corrected chi connectivity index (χ4v) is 2.59. The van der Waals surface area contributed by atoms with Crippen molar-refractivity contribution in [3.8, 4) is 0 Å². The summed E-state index contributed by atoms with van der Waals surface area (Å²) in [6.45, 7) is 8.15. The van der Waals surface area contributed by atoms with Crippen LogP contribution in [0.25, 0.3) is 0 Å². The van der Waals surface area contributed by atoms with Gasteiger partial charge < -0.3 is 5.11 Å². The van der Waals surface area contributed by atoms with Crippen molar-refractivity contribution in [3.63, 3.8) is 0 Å². The van der Waals surface area contributed by atoms with Crippen molar-refractivity contribution in [2.75, 3.05) is 0 Å². The van der Waals surface area contributed by atoms with Crippen molar-refractivity contribution < 1.29 is 9.90 Å². The summed E-state index contributed by atoms with van der Waals surface area (Å²) in [4.78, 5) is 11.2. The first-order valence-electron chi connectivity index (χ1n) is 8.83. The van der Waals surface area contributed by atoms with Crippen molar-refractivity contribution in [3.05, 3.63) is 11.6 Å². The van der Waals surface area contributed by atoms with Gasteiger partial charge in [0, 0.05) is 5.57 Å².